The van der Waals surface area contributed by atoms with E-state index in [2.05, 4.69) is 4.98 Å². The van der Waals surface area contributed by atoms with Crippen LogP contribution in [-0.4, -0.2) is 23.2 Å². The Labute approximate surface area is 69.0 Å². The maximum atomic E-state index is 10.9. The summed E-state index contributed by atoms with van der Waals surface area (Å²) in [6, 6.07) is 1.45. The van der Waals surface area contributed by atoms with Crippen molar-refractivity contribution in [2.24, 2.45) is 0 Å². The summed E-state index contributed by atoms with van der Waals surface area (Å²) in [6.45, 7) is 0. The predicted octanol–water partition coefficient (Wildman–Crippen LogP) is 0.209. The summed E-state index contributed by atoms with van der Waals surface area (Å²) in [6.07, 6.45) is 2.83. The highest BCUT2D eigenvalue weighted by molar-refractivity contribution is 5.95. The SMILES string of the molecule is COc1cnccc1C(=O)NO. The van der Waals surface area contributed by atoms with Gasteiger partial charge in [-0.05, 0) is 6.07 Å². The van der Waals surface area contributed by atoms with Gasteiger partial charge in [-0.15, -0.1) is 0 Å². The van der Waals surface area contributed by atoms with Crippen LogP contribution in [0.1, 0.15) is 10.4 Å². The van der Waals surface area contributed by atoms with E-state index in [1.807, 2.05) is 0 Å². The molecule has 0 aliphatic rings. The third-order valence-corrected chi connectivity index (χ3v) is 1.35. The van der Waals surface area contributed by atoms with Crippen molar-refractivity contribution in [1.29, 1.82) is 0 Å². The highest BCUT2D eigenvalue weighted by Crippen LogP contribution is 2.14. The number of hydrogen-bond acceptors (Lipinski definition) is 4. The molecule has 0 unspecified atom stereocenters. The van der Waals surface area contributed by atoms with Crippen molar-refractivity contribution in [3.8, 4) is 5.75 Å². The predicted molar refractivity (Wildman–Crippen MR) is 40.0 cm³/mol. The molecule has 1 aromatic rings. The number of amides is 1. The van der Waals surface area contributed by atoms with E-state index < -0.39 is 5.91 Å². The van der Waals surface area contributed by atoms with Crippen LogP contribution in [0, 0.1) is 0 Å². The van der Waals surface area contributed by atoms with Crippen LogP contribution in [0.4, 0.5) is 0 Å². The van der Waals surface area contributed by atoms with E-state index in [1.54, 1.807) is 0 Å². The fourth-order valence-electron chi connectivity index (χ4n) is 0.790. The van der Waals surface area contributed by atoms with Gasteiger partial charge in [0, 0.05) is 6.20 Å². The molecule has 0 aliphatic carbocycles. The summed E-state index contributed by atoms with van der Waals surface area (Å²) in [7, 11) is 1.42. The van der Waals surface area contributed by atoms with E-state index in [9.17, 15) is 4.79 Å². The molecule has 64 valence electrons. The molecule has 0 fully saturated rings. The Hall–Kier alpha value is -1.62. The highest BCUT2D eigenvalue weighted by Gasteiger charge is 2.09. The number of nitrogens with zero attached hydrogens (tertiary/aromatic N) is 1. The molecule has 0 atom stereocenters. The largest absolute Gasteiger partial charge is 0.494 e. The van der Waals surface area contributed by atoms with Crippen molar-refractivity contribution in [3.63, 3.8) is 0 Å². The maximum Gasteiger partial charge on any atom is 0.278 e. The molecule has 0 radical (unpaired) electrons. The average Bonchev–Trinajstić information content (AvgIpc) is 2.16. The molecule has 0 saturated heterocycles. The van der Waals surface area contributed by atoms with E-state index in [0.29, 0.717) is 5.75 Å². The van der Waals surface area contributed by atoms with Gasteiger partial charge in [0.2, 0.25) is 0 Å². The van der Waals surface area contributed by atoms with Gasteiger partial charge in [0.1, 0.15) is 5.75 Å². The molecule has 1 amide bonds. The minimum absolute atomic E-state index is 0.245. The molecule has 1 aromatic heterocycles. The van der Waals surface area contributed by atoms with Gasteiger partial charge in [0.05, 0.1) is 18.9 Å². The summed E-state index contributed by atoms with van der Waals surface area (Å²) in [5.41, 5.74) is 1.75. The van der Waals surface area contributed by atoms with Crippen LogP contribution < -0.4 is 10.2 Å². The first-order chi connectivity index (χ1) is 5.79. The lowest BCUT2D eigenvalue weighted by Crippen LogP contribution is -2.19. The van der Waals surface area contributed by atoms with E-state index in [-0.39, 0.29) is 5.56 Å². The van der Waals surface area contributed by atoms with E-state index in [0.717, 1.165) is 0 Å². The zero-order valence-corrected chi connectivity index (χ0v) is 6.44. The Morgan fingerprint density at radius 3 is 3.08 bits per heavy atom. The number of pyridine rings is 1. The Morgan fingerprint density at radius 1 is 1.75 bits per heavy atom. The van der Waals surface area contributed by atoms with Crippen molar-refractivity contribution in [2.75, 3.05) is 7.11 Å². The number of hydrogen-bond donors (Lipinski definition) is 2. The number of aromatic nitrogens is 1. The quantitative estimate of drug-likeness (QED) is 0.489. The highest BCUT2D eigenvalue weighted by atomic mass is 16.5. The first-order valence-corrected chi connectivity index (χ1v) is 3.22. The van der Waals surface area contributed by atoms with E-state index >= 15 is 0 Å². The standard InChI is InChI=1S/C7H8N2O3/c1-12-6-4-8-3-2-5(6)7(10)9-11/h2-4,11H,1H3,(H,9,10). The first kappa shape index (κ1) is 8.48. The molecule has 1 heterocycles. The minimum atomic E-state index is -0.616. The molecule has 0 aliphatic heterocycles. The molecule has 1 rings (SSSR count). The second-order valence-electron chi connectivity index (χ2n) is 2.02. The number of hydroxylamine groups is 1. The molecule has 0 saturated carbocycles. The van der Waals surface area contributed by atoms with Crippen LogP contribution in [0.2, 0.25) is 0 Å². The number of ether oxygens (including phenoxy) is 1. The second-order valence-corrected chi connectivity index (χ2v) is 2.02. The third kappa shape index (κ3) is 1.51. The molecule has 5 heteroatoms. The number of carbonyl (C=O) groups excluding carboxylic acids is 1. The monoisotopic (exact) mass is 168 g/mol. The van der Waals surface area contributed by atoms with Gasteiger partial charge in [-0.2, -0.15) is 0 Å². The lowest BCUT2D eigenvalue weighted by molar-refractivity contribution is 0.0703. The van der Waals surface area contributed by atoms with Gasteiger partial charge in [0.25, 0.3) is 5.91 Å². The normalized spacial score (nSPS) is 9.17. The molecule has 12 heavy (non-hydrogen) atoms. The zero-order valence-electron chi connectivity index (χ0n) is 6.44. The van der Waals surface area contributed by atoms with Crippen LogP contribution in [0.25, 0.3) is 0 Å². The zero-order chi connectivity index (χ0) is 8.97. The van der Waals surface area contributed by atoms with Crippen LogP contribution in [0.5, 0.6) is 5.75 Å². The maximum absolute atomic E-state index is 10.9. The van der Waals surface area contributed by atoms with E-state index in [4.69, 9.17) is 9.94 Å². The topological polar surface area (TPSA) is 71.5 Å². The van der Waals surface area contributed by atoms with Crippen molar-refractivity contribution >= 4 is 5.91 Å². The fraction of sp³-hybridized carbons (Fsp3) is 0.143. The molecule has 0 aromatic carbocycles. The van der Waals surface area contributed by atoms with Gasteiger partial charge in [-0.3, -0.25) is 15.0 Å². The second kappa shape index (κ2) is 3.68. The van der Waals surface area contributed by atoms with Crippen molar-refractivity contribution in [2.45, 2.75) is 0 Å². The van der Waals surface area contributed by atoms with Crippen molar-refractivity contribution < 1.29 is 14.7 Å². The number of methoxy groups -OCH3 is 1. The van der Waals surface area contributed by atoms with E-state index in [1.165, 1.54) is 31.0 Å². The molecule has 5 nitrogen and oxygen atoms in total. The molecular weight excluding hydrogens is 160 g/mol. The lowest BCUT2D eigenvalue weighted by atomic mass is 10.2. The van der Waals surface area contributed by atoms with Crippen LogP contribution in [0.3, 0.4) is 0 Å². The smallest absolute Gasteiger partial charge is 0.278 e. The third-order valence-electron chi connectivity index (χ3n) is 1.35. The Bertz CT molecular complexity index is 288. The fourth-order valence-corrected chi connectivity index (χ4v) is 0.790. The summed E-state index contributed by atoms with van der Waals surface area (Å²) in [4.78, 5) is 14.7. The summed E-state index contributed by atoms with van der Waals surface area (Å²) < 4.78 is 4.83. The number of nitrogens with one attached hydrogen (secondary N) is 1. The first-order valence-electron chi connectivity index (χ1n) is 3.22. The van der Waals surface area contributed by atoms with Gasteiger partial charge in [-0.1, -0.05) is 0 Å². The molecular formula is C7H8N2O3. The van der Waals surface area contributed by atoms with Gasteiger partial charge in [0.15, 0.2) is 0 Å². The Balaban J connectivity index is 3.04. The number of carbonyl (C=O) groups is 1. The summed E-state index contributed by atoms with van der Waals surface area (Å²) in [5.74, 6) is -0.293. The minimum Gasteiger partial charge on any atom is -0.494 e. The Morgan fingerprint density at radius 2 is 2.50 bits per heavy atom. The summed E-state index contributed by atoms with van der Waals surface area (Å²) in [5, 5.41) is 8.33. The summed E-state index contributed by atoms with van der Waals surface area (Å²) >= 11 is 0. The van der Waals surface area contributed by atoms with Gasteiger partial charge in [-0.25, -0.2) is 5.48 Å². The van der Waals surface area contributed by atoms with Crippen LogP contribution in [-0.2, 0) is 0 Å². The van der Waals surface area contributed by atoms with Gasteiger partial charge < -0.3 is 4.74 Å². The van der Waals surface area contributed by atoms with Crippen molar-refractivity contribution in [3.05, 3.63) is 24.0 Å². The Kier molecular flexibility index (Phi) is 2.60. The lowest BCUT2D eigenvalue weighted by Gasteiger charge is -2.04. The molecule has 0 spiro atoms. The van der Waals surface area contributed by atoms with Crippen LogP contribution >= 0.6 is 0 Å². The van der Waals surface area contributed by atoms with Crippen LogP contribution in [0.15, 0.2) is 18.5 Å². The number of rotatable bonds is 2. The molecule has 0 bridgehead atoms. The molecule has 2 N–H and O–H groups in total. The van der Waals surface area contributed by atoms with Gasteiger partial charge >= 0.3 is 0 Å². The average molecular weight is 168 g/mol. The van der Waals surface area contributed by atoms with Crippen molar-refractivity contribution in [1.82, 2.24) is 10.5 Å².